The Bertz CT molecular complexity index is 1130. The molecule has 0 aliphatic carbocycles. The van der Waals surface area contributed by atoms with E-state index in [-0.39, 0.29) is 16.4 Å². The molecule has 3 aromatic rings. The quantitative estimate of drug-likeness (QED) is 0.633. The van der Waals surface area contributed by atoms with Crippen LogP contribution in [-0.2, 0) is 22.7 Å². The number of carbonyl (C=O) groups excluding carboxylic acids is 1. The van der Waals surface area contributed by atoms with Crippen molar-refractivity contribution in [2.75, 3.05) is 0 Å². The van der Waals surface area contributed by atoms with Crippen molar-refractivity contribution >= 4 is 27.3 Å². The number of halogens is 3. The van der Waals surface area contributed by atoms with Gasteiger partial charge in [0.2, 0.25) is 10.0 Å². The van der Waals surface area contributed by atoms with Crippen LogP contribution in [0.3, 0.4) is 0 Å². The van der Waals surface area contributed by atoms with E-state index < -0.39 is 32.7 Å². The Balaban J connectivity index is 1.82. The third kappa shape index (κ3) is 5.00. The second-order valence-electron chi connectivity index (χ2n) is 5.93. The Morgan fingerprint density at radius 2 is 1.69 bits per heavy atom. The number of nitrogens with two attached hydrogens (primary N) is 1. The summed E-state index contributed by atoms with van der Waals surface area (Å²) in [4.78, 5) is 15.4. The lowest BCUT2D eigenvalue weighted by Crippen LogP contribution is -2.24. The van der Waals surface area contributed by atoms with Crippen LogP contribution in [0.25, 0.3) is 10.6 Å². The number of rotatable bonds is 5. The lowest BCUT2D eigenvalue weighted by atomic mass is 10.2. The maximum atomic E-state index is 13.4. The number of primary sulfonamides is 1. The summed E-state index contributed by atoms with van der Waals surface area (Å²) in [6.07, 6.45) is -4.78. The molecule has 0 aliphatic rings. The van der Waals surface area contributed by atoms with Gasteiger partial charge in [0, 0.05) is 12.1 Å². The van der Waals surface area contributed by atoms with Crippen LogP contribution >= 0.6 is 11.3 Å². The van der Waals surface area contributed by atoms with E-state index in [2.05, 4.69) is 10.3 Å². The number of nitrogens with one attached hydrogen (secondary N) is 1. The molecule has 0 fully saturated rings. The van der Waals surface area contributed by atoms with Gasteiger partial charge in [0.25, 0.3) is 5.91 Å². The van der Waals surface area contributed by atoms with Gasteiger partial charge in [-0.05, 0) is 17.7 Å². The minimum absolute atomic E-state index is 0.0839. The number of alkyl halides is 3. The zero-order chi connectivity index (χ0) is 21.2. The van der Waals surface area contributed by atoms with E-state index in [1.165, 1.54) is 24.3 Å². The number of thiazole rings is 1. The van der Waals surface area contributed by atoms with Gasteiger partial charge in [-0.15, -0.1) is 11.3 Å². The molecule has 29 heavy (non-hydrogen) atoms. The average molecular weight is 441 g/mol. The molecule has 0 saturated carbocycles. The van der Waals surface area contributed by atoms with Crippen molar-refractivity contribution in [2.24, 2.45) is 5.14 Å². The summed E-state index contributed by atoms with van der Waals surface area (Å²) in [5.41, 5.74) is -0.281. The smallest absolute Gasteiger partial charge is 0.347 e. The monoisotopic (exact) mass is 441 g/mol. The van der Waals surface area contributed by atoms with Gasteiger partial charge in [-0.25, -0.2) is 18.5 Å². The molecule has 0 unspecified atom stereocenters. The first-order chi connectivity index (χ1) is 13.6. The Morgan fingerprint density at radius 3 is 2.24 bits per heavy atom. The summed E-state index contributed by atoms with van der Waals surface area (Å²) in [5, 5.41) is 7.49. The molecule has 0 saturated heterocycles. The number of hydrogen-bond donors (Lipinski definition) is 2. The van der Waals surface area contributed by atoms with Crippen molar-refractivity contribution < 1.29 is 26.4 Å². The van der Waals surface area contributed by atoms with Gasteiger partial charge in [0.1, 0.15) is 9.88 Å². The Hall–Kier alpha value is -2.76. The topological polar surface area (TPSA) is 102 Å². The van der Waals surface area contributed by atoms with Crippen LogP contribution in [0.5, 0.6) is 0 Å². The van der Waals surface area contributed by atoms with Crippen LogP contribution in [0.4, 0.5) is 13.2 Å². The van der Waals surface area contributed by atoms with Crippen LogP contribution in [0.15, 0.2) is 59.5 Å². The van der Waals surface area contributed by atoms with Gasteiger partial charge in [-0.3, -0.25) is 4.79 Å². The van der Waals surface area contributed by atoms with Crippen LogP contribution in [0.2, 0.25) is 0 Å². The van der Waals surface area contributed by atoms with E-state index in [0.717, 1.165) is 0 Å². The average Bonchev–Trinajstić information content (AvgIpc) is 3.12. The van der Waals surface area contributed by atoms with Gasteiger partial charge >= 0.3 is 6.18 Å². The number of amides is 1. The van der Waals surface area contributed by atoms with Gasteiger partial charge in [0.15, 0.2) is 5.69 Å². The zero-order valence-corrected chi connectivity index (χ0v) is 16.2. The van der Waals surface area contributed by atoms with Gasteiger partial charge in [0.05, 0.1) is 4.90 Å². The molecule has 11 heteroatoms. The van der Waals surface area contributed by atoms with Crippen molar-refractivity contribution in [2.45, 2.75) is 17.6 Å². The van der Waals surface area contributed by atoms with Crippen LogP contribution < -0.4 is 10.5 Å². The first-order valence-electron chi connectivity index (χ1n) is 8.09. The summed E-state index contributed by atoms with van der Waals surface area (Å²) >= 11 is 0.650. The highest BCUT2D eigenvalue weighted by atomic mass is 32.2. The zero-order valence-electron chi connectivity index (χ0n) is 14.6. The van der Waals surface area contributed by atoms with Crippen molar-refractivity contribution in [3.63, 3.8) is 0 Å². The number of carbonyl (C=O) groups is 1. The van der Waals surface area contributed by atoms with Crippen molar-refractivity contribution in [1.29, 1.82) is 0 Å². The molecule has 3 rings (SSSR count). The van der Waals surface area contributed by atoms with Crippen molar-refractivity contribution in [3.8, 4) is 10.6 Å². The summed E-state index contributed by atoms with van der Waals surface area (Å²) in [5.74, 6) is -0.924. The molecule has 0 spiro atoms. The first kappa shape index (κ1) is 21.0. The number of benzene rings is 2. The normalized spacial score (nSPS) is 12.0. The molecule has 0 radical (unpaired) electrons. The fourth-order valence-corrected chi connectivity index (χ4v) is 3.95. The van der Waals surface area contributed by atoms with E-state index in [1.54, 1.807) is 30.3 Å². The van der Waals surface area contributed by atoms with E-state index in [9.17, 15) is 26.4 Å². The van der Waals surface area contributed by atoms with E-state index >= 15 is 0 Å². The number of sulfonamides is 1. The van der Waals surface area contributed by atoms with Gasteiger partial charge < -0.3 is 5.32 Å². The lowest BCUT2D eigenvalue weighted by molar-refractivity contribution is -0.141. The Labute approximate surface area is 168 Å². The SMILES string of the molecule is NS(=O)(=O)c1ccc(CNC(=O)c2sc(-c3ccccc3)nc2C(F)(F)F)cc1. The minimum atomic E-state index is -4.78. The molecule has 1 heterocycles. The highest BCUT2D eigenvalue weighted by Crippen LogP contribution is 2.37. The lowest BCUT2D eigenvalue weighted by Gasteiger charge is -2.08. The number of hydrogen-bond acceptors (Lipinski definition) is 5. The highest BCUT2D eigenvalue weighted by Gasteiger charge is 2.39. The van der Waals surface area contributed by atoms with E-state index in [1.807, 2.05) is 0 Å². The van der Waals surface area contributed by atoms with Gasteiger partial charge in [-0.2, -0.15) is 13.2 Å². The summed E-state index contributed by atoms with van der Waals surface area (Å²) < 4.78 is 62.5. The third-order valence-electron chi connectivity index (χ3n) is 3.83. The minimum Gasteiger partial charge on any atom is -0.347 e. The Kier molecular flexibility index (Phi) is 5.73. The molecule has 152 valence electrons. The molecule has 1 amide bonds. The molecule has 0 aliphatic heterocycles. The standard InChI is InChI=1S/C18H14F3N3O3S2/c19-18(20,21)15-14(28-17(24-15)12-4-2-1-3-5-12)16(25)23-10-11-6-8-13(9-7-11)29(22,26)27/h1-9H,10H2,(H,23,25)(H2,22,26,27). The molecule has 6 nitrogen and oxygen atoms in total. The predicted octanol–water partition coefficient (Wildman–Crippen LogP) is 3.41. The number of aromatic nitrogens is 1. The summed E-state index contributed by atoms with van der Waals surface area (Å²) in [7, 11) is -3.86. The molecule has 0 bridgehead atoms. The van der Waals surface area contributed by atoms with Crippen LogP contribution in [0.1, 0.15) is 20.9 Å². The van der Waals surface area contributed by atoms with Gasteiger partial charge in [-0.1, -0.05) is 42.5 Å². The number of nitrogens with zero attached hydrogens (tertiary/aromatic N) is 1. The molecular weight excluding hydrogens is 427 g/mol. The highest BCUT2D eigenvalue weighted by molar-refractivity contribution is 7.89. The summed E-state index contributed by atoms with van der Waals surface area (Å²) in [6, 6.07) is 13.6. The van der Waals surface area contributed by atoms with Crippen molar-refractivity contribution in [3.05, 3.63) is 70.7 Å². The third-order valence-corrected chi connectivity index (χ3v) is 5.86. The second-order valence-corrected chi connectivity index (χ2v) is 8.49. The molecular formula is C18H14F3N3O3S2. The van der Waals surface area contributed by atoms with Crippen molar-refractivity contribution in [1.82, 2.24) is 10.3 Å². The Morgan fingerprint density at radius 1 is 1.07 bits per heavy atom. The molecule has 2 aromatic carbocycles. The second kappa shape index (κ2) is 7.93. The maximum absolute atomic E-state index is 13.4. The molecule has 3 N–H and O–H groups in total. The molecule has 1 aromatic heterocycles. The van der Waals surface area contributed by atoms with E-state index in [0.29, 0.717) is 22.5 Å². The molecule has 0 atom stereocenters. The maximum Gasteiger partial charge on any atom is 0.435 e. The fraction of sp³-hybridized carbons (Fsp3) is 0.111. The van der Waals surface area contributed by atoms with Crippen LogP contribution in [0, 0.1) is 0 Å². The largest absolute Gasteiger partial charge is 0.435 e. The predicted molar refractivity (Wildman–Crippen MR) is 102 cm³/mol. The summed E-state index contributed by atoms with van der Waals surface area (Å²) in [6.45, 7) is -0.0976. The van der Waals surface area contributed by atoms with Crippen LogP contribution in [-0.4, -0.2) is 19.3 Å². The fourth-order valence-electron chi connectivity index (χ4n) is 2.43. The first-order valence-corrected chi connectivity index (χ1v) is 10.5. The van der Waals surface area contributed by atoms with E-state index in [4.69, 9.17) is 5.14 Å².